The van der Waals surface area contributed by atoms with Crippen molar-refractivity contribution < 1.29 is 0 Å². The summed E-state index contributed by atoms with van der Waals surface area (Å²) < 4.78 is 0. The molecule has 1 atom stereocenters. The van der Waals surface area contributed by atoms with Gasteiger partial charge in [-0.25, -0.2) is 0 Å². The first kappa shape index (κ1) is 12.6. The lowest BCUT2D eigenvalue weighted by molar-refractivity contribution is 0.575. The second kappa shape index (κ2) is 6.16. The zero-order chi connectivity index (χ0) is 11.3. The normalized spacial score (nSPS) is 12.8. The molecule has 0 aliphatic carbocycles. The quantitative estimate of drug-likeness (QED) is 0.594. The van der Waals surface area contributed by atoms with Gasteiger partial charge in [0.1, 0.15) is 0 Å². The lowest BCUT2D eigenvalue weighted by Gasteiger charge is -2.15. The molecule has 15 heavy (non-hydrogen) atoms. The monoisotopic (exact) mass is 224 g/mol. The van der Waals surface area contributed by atoms with Crippen molar-refractivity contribution in [1.29, 1.82) is 0 Å². The third kappa shape index (κ3) is 4.24. The summed E-state index contributed by atoms with van der Waals surface area (Å²) >= 11 is 1.82. The minimum Gasteiger partial charge on any atom is -0.271 e. The Labute approximate surface area is 96.6 Å². The second-order valence-corrected chi connectivity index (χ2v) is 4.93. The van der Waals surface area contributed by atoms with E-state index in [4.69, 9.17) is 5.84 Å². The van der Waals surface area contributed by atoms with Gasteiger partial charge in [0.15, 0.2) is 0 Å². The molecule has 1 rings (SSSR count). The Kier molecular flexibility index (Phi) is 5.15. The Balaban J connectivity index is 2.69. The van der Waals surface area contributed by atoms with Crippen LogP contribution >= 0.6 is 11.8 Å². The van der Waals surface area contributed by atoms with Gasteiger partial charge in [0, 0.05) is 11.8 Å². The maximum absolute atomic E-state index is 5.52. The van der Waals surface area contributed by atoms with Gasteiger partial charge in [-0.15, -0.1) is 0 Å². The molecule has 0 saturated carbocycles. The van der Waals surface area contributed by atoms with E-state index < -0.39 is 0 Å². The number of hydrogen-bond donors (Lipinski definition) is 2. The summed E-state index contributed by atoms with van der Waals surface area (Å²) in [6, 6.07) is 7.03. The van der Waals surface area contributed by atoms with Crippen molar-refractivity contribution in [3.63, 3.8) is 0 Å². The van der Waals surface area contributed by atoms with E-state index in [1.165, 1.54) is 16.7 Å². The van der Waals surface area contributed by atoms with Crippen molar-refractivity contribution in [2.24, 2.45) is 5.84 Å². The summed E-state index contributed by atoms with van der Waals surface area (Å²) in [5.41, 5.74) is 6.88. The van der Waals surface area contributed by atoms with E-state index in [0.717, 1.165) is 12.2 Å². The summed E-state index contributed by atoms with van der Waals surface area (Å²) in [6.45, 7) is 4.27. The second-order valence-electron chi connectivity index (χ2n) is 4.02. The summed E-state index contributed by atoms with van der Waals surface area (Å²) in [6.07, 6.45) is 3.10. The Morgan fingerprint density at radius 2 is 1.87 bits per heavy atom. The summed E-state index contributed by atoms with van der Waals surface area (Å²) in [5.74, 6) is 6.56. The highest BCUT2D eigenvalue weighted by Crippen LogP contribution is 2.12. The predicted octanol–water partition coefficient (Wildman–Crippen LogP) is 2.04. The fourth-order valence-corrected chi connectivity index (χ4v) is 2.45. The van der Waals surface area contributed by atoms with E-state index in [-0.39, 0.29) is 0 Å². The Hall–Kier alpha value is -0.510. The molecule has 0 aliphatic heterocycles. The van der Waals surface area contributed by atoms with Gasteiger partial charge in [-0.3, -0.25) is 11.3 Å². The van der Waals surface area contributed by atoms with Gasteiger partial charge in [0.25, 0.3) is 0 Å². The van der Waals surface area contributed by atoms with E-state index in [2.05, 4.69) is 43.7 Å². The van der Waals surface area contributed by atoms with E-state index in [1.54, 1.807) is 0 Å². The molecule has 84 valence electrons. The molecule has 0 radical (unpaired) electrons. The number of rotatable bonds is 5. The average Bonchev–Trinajstić information content (AvgIpc) is 2.15. The molecule has 2 nitrogen and oxygen atoms in total. The van der Waals surface area contributed by atoms with Crippen molar-refractivity contribution in [3.8, 4) is 0 Å². The van der Waals surface area contributed by atoms with Gasteiger partial charge < -0.3 is 0 Å². The maximum Gasteiger partial charge on any atom is 0.0341 e. The van der Waals surface area contributed by atoms with Gasteiger partial charge in [0.2, 0.25) is 0 Å². The Bertz CT molecular complexity index is 292. The number of hydrazine groups is 1. The van der Waals surface area contributed by atoms with Gasteiger partial charge in [-0.05, 0) is 32.1 Å². The zero-order valence-corrected chi connectivity index (χ0v) is 10.5. The molecule has 1 aromatic carbocycles. The fraction of sp³-hybridized carbons (Fsp3) is 0.500. The first-order valence-electron chi connectivity index (χ1n) is 5.18. The number of nitrogens with one attached hydrogen (secondary N) is 1. The van der Waals surface area contributed by atoms with Crippen LogP contribution in [-0.4, -0.2) is 18.1 Å². The number of aryl methyl sites for hydroxylation is 2. The Morgan fingerprint density at radius 1 is 1.27 bits per heavy atom. The minimum atomic E-state index is 0.362. The highest BCUT2D eigenvalue weighted by Gasteiger charge is 2.07. The van der Waals surface area contributed by atoms with Gasteiger partial charge in [0.05, 0.1) is 0 Å². The molecule has 0 spiro atoms. The zero-order valence-electron chi connectivity index (χ0n) is 9.71. The van der Waals surface area contributed by atoms with E-state index in [0.29, 0.717) is 6.04 Å². The van der Waals surface area contributed by atoms with E-state index >= 15 is 0 Å². The van der Waals surface area contributed by atoms with Crippen LogP contribution in [0.25, 0.3) is 0 Å². The fourth-order valence-electron chi connectivity index (χ4n) is 1.84. The smallest absolute Gasteiger partial charge is 0.0341 e. The van der Waals surface area contributed by atoms with Crippen LogP contribution < -0.4 is 11.3 Å². The van der Waals surface area contributed by atoms with Gasteiger partial charge >= 0.3 is 0 Å². The minimum absolute atomic E-state index is 0.362. The first-order chi connectivity index (χ1) is 7.15. The highest BCUT2D eigenvalue weighted by atomic mass is 32.2. The van der Waals surface area contributed by atoms with Crippen LogP contribution in [0.1, 0.15) is 16.7 Å². The lowest BCUT2D eigenvalue weighted by Crippen LogP contribution is -2.38. The standard InChI is InChI=1S/C12H20N2S/c1-9-4-10(2)6-11(5-9)7-12(14-13)8-15-3/h4-6,12,14H,7-8,13H2,1-3H3. The van der Waals surface area contributed by atoms with Crippen LogP contribution in [0.2, 0.25) is 0 Å². The molecule has 0 heterocycles. The highest BCUT2D eigenvalue weighted by molar-refractivity contribution is 7.98. The third-order valence-corrected chi connectivity index (χ3v) is 3.10. The molecule has 3 heteroatoms. The van der Waals surface area contributed by atoms with Crippen molar-refractivity contribution in [2.45, 2.75) is 26.3 Å². The maximum atomic E-state index is 5.52. The largest absolute Gasteiger partial charge is 0.271 e. The van der Waals surface area contributed by atoms with Gasteiger partial charge in [-0.1, -0.05) is 29.3 Å². The van der Waals surface area contributed by atoms with Crippen molar-refractivity contribution in [2.75, 3.05) is 12.0 Å². The van der Waals surface area contributed by atoms with E-state index in [9.17, 15) is 0 Å². The molecule has 0 bridgehead atoms. The number of benzene rings is 1. The van der Waals surface area contributed by atoms with Crippen LogP contribution in [0.4, 0.5) is 0 Å². The summed E-state index contributed by atoms with van der Waals surface area (Å²) in [7, 11) is 0. The van der Waals surface area contributed by atoms with Crippen molar-refractivity contribution >= 4 is 11.8 Å². The third-order valence-electron chi connectivity index (χ3n) is 2.37. The number of hydrogen-bond acceptors (Lipinski definition) is 3. The molecule has 3 N–H and O–H groups in total. The molecular formula is C12H20N2S. The van der Waals surface area contributed by atoms with Crippen LogP contribution in [0.3, 0.4) is 0 Å². The topological polar surface area (TPSA) is 38.0 Å². The molecule has 1 aromatic rings. The number of thioether (sulfide) groups is 1. The van der Waals surface area contributed by atoms with E-state index in [1.807, 2.05) is 11.8 Å². The molecule has 0 saturated heterocycles. The Morgan fingerprint density at radius 3 is 2.33 bits per heavy atom. The average molecular weight is 224 g/mol. The predicted molar refractivity (Wildman–Crippen MR) is 69.1 cm³/mol. The van der Waals surface area contributed by atoms with Gasteiger partial charge in [-0.2, -0.15) is 11.8 Å². The SMILES string of the molecule is CSCC(Cc1cc(C)cc(C)c1)NN. The van der Waals surface area contributed by atoms with Crippen LogP contribution in [-0.2, 0) is 6.42 Å². The lowest BCUT2D eigenvalue weighted by atomic mass is 10.0. The number of nitrogens with two attached hydrogens (primary N) is 1. The summed E-state index contributed by atoms with van der Waals surface area (Å²) in [5, 5.41) is 0. The molecule has 0 aromatic heterocycles. The van der Waals surface area contributed by atoms with Crippen molar-refractivity contribution in [3.05, 3.63) is 34.9 Å². The molecule has 0 fully saturated rings. The van der Waals surface area contributed by atoms with Crippen LogP contribution in [0, 0.1) is 13.8 Å². The molecule has 0 amide bonds. The molecule has 0 aliphatic rings. The molecule has 1 unspecified atom stereocenters. The first-order valence-corrected chi connectivity index (χ1v) is 6.57. The van der Waals surface area contributed by atoms with Crippen LogP contribution in [0.5, 0.6) is 0 Å². The summed E-state index contributed by atoms with van der Waals surface area (Å²) in [4.78, 5) is 0. The van der Waals surface area contributed by atoms with Crippen molar-refractivity contribution in [1.82, 2.24) is 5.43 Å². The molecular weight excluding hydrogens is 204 g/mol. The van der Waals surface area contributed by atoms with Crippen LogP contribution in [0.15, 0.2) is 18.2 Å².